The van der Waals surface area contributed by atoms with E-state index >= 15 is 0 Å². The zero-order valence-electron chi connectivity index (χ0n) is 14.2. The number of hydrogen-bond acceptors (Lipinski definition) is 3. The summed E-state index contributed by atoms with van der Waals surface area (Å²) in [7, 11) is 0. The predicted octanol–water partition coefficient (Wildman–Crippen LogP) is 2.76. The first-order valence-electron chi connectivity index (χ1n) is 8.53. The van der Waals surface area contributed by atoms with Crippen LogP contribution in [0, 0.1) is 5.92 Å². The van der Waals surface area contributed by atoms with Crippen LogP contribution in [0.1, 0.15) is 47.0 Å². The van der Waals surface area contributed by atoms with Crippen LogP contribution in [0.15, 0.2) is 18.7 Å². The standard InChI is InChI=1S/C17H32N4/c1-5-15(3)16-12-21(17(4,6-2)13-19-16)10-7-9-20-11-8-18-14-20/h8,11,14-16,19H,5-7,9-10,12-13H2,1-4H3. The molecule has 4 heteroatoms. The zero-order valence-corrected chi connectivity index (χ0v) is 14.2. The first-order chi connectivity index (χ1) is 10.1. The molecule has 1 aliphatic rings. The molecular formula is C17H32N4. The number of aromatic nitrogens is 2. The van der Waals surface area contributed by atoms with Gasteiger partial charge in [0, 0.05) is 50.2 Å². The van der Waals surface area contributed by atoms with Gasteiger partial charge in [0.05, 0.1) is 6.33 Å². The van der Waals surface area contributed by atoms with Crippen LogP contribution in [0.5, 0.6) is 0 Å². The Labute approximate surface area is 129 Å². The van der Waals surface area contributed by atoms with Crippen molar-refractivity contribution in [2.24, 2.45) is 5.92 Å². The van der Waals surface area contributed by atoms with Gasteiger partial charge in [-0.1, -0.05) is 27.2 Å². The molecule has 0 aliphatic carbocycles. The van der Waals surface area contributed by atoms with Crippen molar-refractivity contribution < 1.29 is 0 Å². The molecule has 120 valence electrons. The van der Waals surface area contributed by atoms with Gasteiger partial charge in [-0.25, -0.2) is 4.98 Å². The summed E-state index contributed by atoms with van der Waals surface area (Å²) >= 11 is 0. The Morgan fingerprint density at radius 3 is 2.81 bits per heavy atom. The van der Waals surface area contributed by atoms with E-state index in [1.54, 1.807) is 0 Å². The fourth-order valence-electron chi connectivity index (χ4n) is 3.22. The molecule has 0 amide bonds. The molecule has 21 heavy (non-hydrogen) atoms. The topological polar surface area (TPSA) is 33.1 Å². The monoisotopic (exact) mass is 292 g/mol. The van der Waals surface area contributed by atoms with Gasteiger partial charge < -0.3 is 9.88 Å². The maximum atomic E-state index is 4.12. The normalized spacial score (nSPS) is 28.7. The molecule has 0 saturated carbocycles. The molecule has 1 aromatic heterocycles. The average molecular weight is 292 g/mol. The highest BCUT2D eigenvalue weighted by molar-refractivity contribution is 4.96. The van der Waals surface area contributed by atoms with Crippen molar-refractivity contribution in [3.8, 4) is 0 Å². The third-order valence-corrected chi connectivity index (χ3v) is 5.42. The largest absolute Gasteiger partial charge is 0.337 e. The SMILES string of the molecule is CCC(C)C1CN(CCCn2ccnc2)C(C)(CC)CN1. The molecule has 1 aliphatic heterocycles. The van der Waals surface area contributed by atoms with Gasteiger partial charge in [0.25, 0.3) is 0 Å². The maximum Gasteiger partial charge on any atom is 0.0945 e. The van der Waals surface area contributed by atoms with E-state index < -0.39 is 0 Å². The highest BCUT2D eigenvalue weighted by Gasteiger charge is 2.37. The summed E-state index contributed by atoms with van der Waals surface area (Å²) < 4.78 is 2.18. The van der Waals surface area contributed by atoms with Crippen LogP contribution in [0.2, 0.25) is 0 Å². The van der Waals surface area contributed by atoms with Gasteiger partial charge in [0.1, 0.15) is 0 Å². The third kappa shape index (κ3) is 4.07. The summed E-state index contributed by atoms with van der Waals surface area (Å²) in [6, 6.07) is 0.642. The van der Waals surface area contributed by atoms with E-state index in [0.717, 1.165) is 19.0 Å². The van der Waals surface area contributed by atoms with Crippen molar-refractivity contribution in [1.29, 1.82) is 0 Å². The van der Waals surface area contributed by atoms with Crippen LogP contribution in [-0.2, 0) is 6.54 Å². The van der Waals surface area contributed by atoms with Crippen LogP contribution in [0.3, 0.4) is 0 Å². The Kier molecular flexibility index (Phi) is 5.82. The summed E-state index contributed by atoms with van der Waals surface area (Å²) in [6.07, 6.45) is 9.48. The molecule has 1 aromatic rings. The summed E-state index contributed by atoms with van der Waals surface area (Å²) in [5, 5.41) is 3.79. The molecule has 4 nitrogen and oxygen atoms in total. The van der Waals surface area contributed by atoms with E-state index in [9.17, 15) is 0 Å². The number of nitrogens with one attached hydrogen (secondary N) is 1. The zero-order chi connectivity index (χ0) is 15.3. The third-order valence-electron chi connectivity index (χ3n) is 5.42. The van der Waals surface area contributed by atoms with Crippen molar-refractivity contribution in [3.05, 3.63) is 18.7 Å². The van der Waals surface area contributed by atoms with Crippen molar-refractivity contribution in [2.45, 2.75) is 65.1 Å². The molecule has 0 spiro atoms. The molecule has 2 heterocycles. The number of imidazole rings is 1. The number of hydrogen-bond donors (Lipinski definition) is 1. The van der Waals surface area contributed by atoms with Gasteiger partial charge in [-0.3, -0.25) is 4.90 Å². The second-order valence-corrected chi connectivity index (χ2v) is 6.82. The van der Waals surface area contributed by atoms with E-state index in [-0.39, 0.29) is 0 Å². The van der Waals surface area contributed by atoms with Gasteiger partial charge in [0.2, 0.25) is 0 Å². The smallest absolute Gasteiger partial charge is 0.0945 e. The number of aryl methyl sites for hydroxylation is 1. The van der Waals surface area contributed by atoms with Crippen LogP contribution in [0.25, 0.3) is 0 Å². The van der Waals surface area contributed by atoms with Crippen molar-refractivity contribution in [1.82, 2.24) is 19.8 Å². The minimum atomic E-state index is 0.304. The van der Waals surface area contributed by atoms with Crippen molar-refractivity contribution in [2.75, 3.05) is 19.6 Å². The summed E-state index contributed by atoms with van der Waals surface area (Å²) in [6.45, 7) is 13.9. The summed E-state index contributed by atoms with van der Waals surface area (Å²) in [5.74, 6) is 0.752. The molecule has 0 radical (unpaired) electrons. The highest BCUT2D eigenvalue weighted by Crippen LogP contribution is 2.26. The quantitative estimate of drug-likeness (QED) is 0.839. The molecule has 3 atom stereocenters. The van der Waals surface area contributed by atoms with E-state index in [0.29, 0.717) is 11.6 Å². The lowest BCUT2D eigenvalue weighted by Crippen LogP contribution is -2.64. The Hall–Kier alpha value is -0.870. The van der Waals surface area contributed by atoms with E-state index in [1.165, 1.54) is 32.4 Å². The molecule has 1 fully saturated rings. The lowest BCUT2D eigenvalue weighted by Gasteiger charge is -2.49. The number of rotatable bonds is 7. The molecule has 3 unspecified atom stereocenters. The van der Waals surface area contributed by atoms with Gasteiger partial charge >= 0.3 is 0 Å². The van der Waals surface area contributed by atoms with Crippen molar-refractivity contribution >= 4 is 0 Å². The molecule has 1 saturated heterocycles. The lowest BCUT2D eigenvalue weighted by molar-refractivity contribution is 0.0345. The Morgan fingerprint density at radius 2 is 2.19 bits per heavy atom. The van der Waals surface area contributed by atoms with Gasteiger partial charge in [0.15, 0.2) is 0 Å². The van der Waals surface area contributed by atoms with Gasteiger partial charge in [-0.2, -0.15) is 0 Å². The van der Waals surface area contributed by atoms with E-state index in [2.05, 4.69) is 53.7 Å². The maximum absolute atomic E-state index is 4.12. The molecule has 1 N–H and O–H groups in total. The second kappa shape index (κ2) is 7.41. The van der Waals surface area contributed by atoms with E-state index in [1.807, 2.05) is 12.5 Å². The van der Waals surface area contributed by atoms with Gasteiger partial charge in [-0.15, -0.1) is 0 Å². The minimum absolute atomic E-state index is 0.304. The van der Waals surface area contributed by atoms with Crippen LogP contribution < -0.4 is 5.32 Å². The van der Waals surface area contributed by atoms with Crippen LogP contribution >= 0.6 is 0 Å². The Balaban J connectivity index is 1.91. The van der Waals surface area contributed by atoms with Gasteiger partial charge in [-0.05, 0) is 25.7 Å². The fourth-order valence-corrected chi connectivity index (χ4v) is 3.22. The predicted molar refractivity (Wildman–Crippen MR) is 88.4 cm³/mol. The highest BCUT2D eigenvalue weighted by atomic mass is 15.3. The average Bonchev–Trinajstić information content (AvgIpc) is 3.01. The number of piperazine rings is 1. The first-order valence-corrected chi connectivity index (χ1v) is 8.53. The fraction of sp³-hybridized carbons (Fsp3) is 0.824. The van der Waals surface area contributed by atoms with Crippen LogP contribution in [-0.4, -0.2) is 45.7 Å². The Bertz CT molecular complexity index is 403. The second-order valence-electron chi connectivity index (χ2n) is 6.82. The molecule has 0 aromatic carbocycles. The Morgan fingerprint density at radius 1 is 1.38 bits per heavy atom. The number of nitrogens with zero attached hydrogens (tertiary/aromatic N) is 3. The minimum Gasteiger partial charge on any atom is -0.337 e. The summed E-state index contributed by atoms with van der Waals surface area (Å²) in [4.78, 5) is 6.84. The van der Waals surface area contributed by atoms with Crippen molar-refractivity contribution in [3.63, 3.8) is 0 Å². The lowest BCUT2D eigenvalue weighted by atomic mass is 9.88. The first kappa shape index (κ1) is 16.5. The molecule has 2 rings (SSSR count). The summed E-state index contributed by atoms with van der Waals surface area (Å²) in [5.41, 5.74) is 0.304. The molecule has 0 bridgehead atoms. The van der Waals surface area contributed by atoms with Crippen LogP contribution in [0.4, 0.5) is 0 Å². The molecular weight excluding hydrogens is 260 g/mol. The van der Waals surface area contributed by atoms with E-state index in [4.69, 9.17) is 0 Å².